The van der Waals surface area contributed by atoms with E-state index in [1.165, 1.54) is 0 Å². The van der Waals surface area contributed by atoms with Crippen molar-refractivity contribution in [2.45, 2.75) is 19.8 Å². The molecule has 23 heavy (non-hydrogen) atoms. The maximum Gasteiger partial charge on any atom is 0.163 e. The van der Waals surface area contributed by atoms with Crippen molar-refractivity contribution in [2.24, 2.45) is 0 Å². The Morgan fingerprint density at radius 2 is 1.48 bits per heavy atom. The Hall–Kier alpha value is -2.88. The van der Waals surface area contributed by atoms with Gasteiger partial charge in [-0.3, -0.25) is 0 Å². The predicted molar refractivity (Wildman–Crippen MR) is 95.7 cm³/mol. The van der Waals surface area contributed by atoms with Gasteiger partial charge in [0.1, 0.15) is 11.6 Å². The van der Waals surface area contributed by atoms with Crippen molar-refractivity contribution < 1.29 is 0 Å². The van der Waals surface area contributed by atoms with Crippen LogP contribution in [0.15, 0.2) is 60.7 Å². The van der Waals surface area contributed by atoms with Crippen LogP contribution in [0.1, 0.15) is 25.3 Å². The minimum Gasteiger partial charge on any atom is -0.383 e. The topological polar surface area (TPSA) is 63.8 Å². The zero-order chi connectivity index (χ0) is 16.2. The third-order valence-corrected chi connectivity index (χ3v) is 3.62. The standard InChI is InChI=1S/C19H20N4/c1-13(2)16-17(20)22-18(14-9-5-3-6-10-14)23-19(16)21-15-11-7-4-8-12-15/h3-13H,1-2H3,(H3,20,21,22,23). The van der Waals surface area contributed by atoms with Crippen LogP contribution in [-0.2, 0) is 0 Å². The molecule has 1 heterocycles. The van der Waals surface area contributed by atoms with Crippen molar-refractivity contribution in [1.29, 1.82) is 0 Å². The molecule has 2 aromatic carbocycles. The van der Waals surface area contributed by atoms with Crippen LogP contribution >= 0.6 is 0 Å². The van der Waals surface area contributed by atoms with E-state index in [1.54, 1.807) is 0 Å². The molecule has 0 saturated heterocycles. The van der Waals surface area contributed by atoms with Gasteiger partial charge in [-0.25, -0.2) is 9.97 Å². The Morgan fingerprint density at radius 1 is 0.870 bits per heavy atom. The molecule has 1 aromatic heterocycles. The fourth-order valence-electron chi connectivity index (χ4n) is 2.53. The predicted octanol–water partition coefficient (Wildman–Crippen LogP) is 4.59. The quantitative estimate of drug-likeness (QED) is 0.739. The molecule has 3 rings (SSSR count). The molecule has 0 radical (unpaired) electrons. The van der Waals surface area contributed by atoms with Crippen molar-refractivity contribution in [3.63, 3.8) is 0 Å². The van der Waals surface area contributed by atoms with E-state index in [1.807, 2.05) is 60.7 Å². The first-order valence-corrected chi connectivity index (χ1v) is 7.70. The van der Waals surface area contributed by atoms with Gasteiger partial charge in [0, 0.05) is 16.8 Å². The smallest absolute Gasteiger partial charge is 0.163 e. The van der Waals surface area contributed by atoms with E-state index < -0.39 is 0 Å². The van der Waals surface area contributed by atoms with Gasteiger partial charge in [0.05, 0.1) is 0 Å². The van der Waals surface area contributed by atoms with Crippen molar-refractivity contribution in [3.05, 3.63) is 66.2 Å². The van der Waals surface area contributed by atoms with Gasteiger partial charge >= 0.3 is 0 Å². The fourth-order valence-corrected chi connectivity index (χ4v) is 2.53. The summed E-state index contributed by atoms with van der Waals surface area (Å²) in [5, 5.41) is 3.37. The number of nitrogen functional groups attached to an aromatic ring is 1. The fraction of sp³-hybridized carbons (Fsp3) is 0.158. The maximum atomic E-state index is 6.22. The SMILES string of the molecule is CC(C)c1c(N)nc(-c2ccccc2)nc1Nc1ccccc1. The third kappa shape index (κ3) is 3.31. The van der Waals surface area contributed by atoms with Crippen molar-refractivity contribution >= 4 is 17.3 Å². The summed E-state index contributed by atoms with van der Waals surface area (Å²) in [6.45, 7) is 4.18. The van der Waals surface area contributed by atoms with Crippen LogP contribution in [0.25, 0.3) is 11.4 Å². The van der Waals surface area contributed by atoms with Gasteiger partial charge in [0.25, 0.3) is 0 Å². The summed E-state index contributed by atoms with van der Waals surface area (Å²) in [5.41, 5.74) is 9.09. The van der Waals surface area contributed by atoms with E-state index in [9.17, 15) is 0 Å². The summed E-state index contributed by atoms with van der Waals surface area (Å²) in [7, 11) is 0. The molecule has 0 aliphatic rings. The average Bonchev–Trinajstić information content (AvgIpc) is 2.56. The zero-order valence-corrected chi connectivity index (χ0v) is 13.3. The van der Waals surface area contributed by atoms with Crippen LogP contribution in [0.4, 0.5) is 17.3 Å². The number of rotatable bonds is 4. The summed E-state index contributed by atoms with van der Waals surface area (Å²) in [4.78, 5) is 9.21. The van der Waals surface area contributed by atoms with Gasteiger partial charge in [-0.2, -0.15) is 0 Å². The second-order valence-corrected chi connectivity index (χ2v) is 5.71. The summed E-state index contributed by atoms with van der Waals surface area (Å²) in [6.07, 6.45) is 0. The molecule has 0 aliphatic carbocycles. The molecule has 4 nitrogen and oxygen atoms in total. The molecule has 0 amide bonds. The Balaban J connectivity index is 2.09. The van der Waals surface area contributed by atoms with E-state index in [2.05, 4.69) is 24.1 Å². The number of nitrogens with two attached hydrogens (primary N) is 1. The summed E-state index contributed by atoms with van der Waals surface area (Å²) in [5.74, 6) is 2.14. The highest BCUT2D eigenvalue weighted by Gasteiger charge is 2.16. The van der Waals surface area contributed by atoms with Gasteiger partial charge in [0.2, 0.25) is 0 Å². The van der Waals surface area contributed by atoms with Crippen LogP contribution in [0.2, 0.25) is 0 Å². The van der Waals surface area contributed by atoms with E-state index in [0.717, 1.165) is 22.6 Å². The lowest BCUT2D eigenvalue weighted by molar-refractivity contribution is 0.856. The Labute approximate surface area is 136 Å². The van der Waals surface area contributed by atoms with E-state index in [-0.39, 0.29) is 5.92 Å². The zero-order valence-electron chi connectivity index (χ0n) is 13.3. The number of hydrogen-bond acceptors (Lipinski definition) is 4. The molecule has 4 heteroatoms. The first-order chi connectivity index (χ1) is 11.1. The number of para-hydroxylation sites is 1. The minimum atomic E-state index is 0.228. The second-order valence-electron chi connectivity index (χ2n) is 5.71. The molecule has 116 valence electrons. The van der Waals surface area contributed by atoms with Gasteiger partial charge in [-0.05, 0) is 18.1 Å². The third-order valence-electron chi connectivity index (χ3n) is 3.62. The number of nitrogens with zero attached hydrogens (tertiary/aromatic N) is 2. The molecule has 0 saturated carbocycles. The second kappa shape index (κ2) is 6.48. The first kappa shape index (κ1) is 15.0. The molecule has 3 N–H and O–H groups in total. The molecule has 0 bridgehead atoms. The van der Waals surface area contributed by atoms with Gasteiger partial charge in [0.15, 0.2) is 5.82 Å². The van der Waals surface area contributed by atoms with Crippen molar-refractivity contribution in [1.82, 2.24) is 9.97 Å². The molecule has 0 spiro atoms. The summed E-state index contributed by atoms with van der Waals surface area (Å²) in [6, 6.07) is 19.8. The lowest BCUT2D eigenvalue weighted by atomic mass is 10.0. The van der Waals surface area contributed by atoms with E-state index in [0.29, 0.717) is 11.6 Å². The van der Waals surface area contributed by atoms with Crippen LogP contribution in [0.5, 0.6) is 0 Å². The first-order valence-electron chi connectivity index (χ1n) is 7.70. The van der Waals surface area contributed by atoms with Crippen molar-refractivity contribution in [2.75, 3.05) is 11.1 Å². The minimum absolute atomic E-state index is 0.228. The number of hydrogen-bond donors (Lipinski definition) is 2. The van der Waals surface area contributed by atoms with Crippen LogP contribution < -0.4 is 11.1 Å². The molecule has 0 atom stereocenters. The number of benzene rings is 2. The van der Waals surface area contributed by atoms with Crippen molar-refractivity contribution in [3.8, 4) is 11.4 Å². The van der Waals surface area contributed by atoms with E-state index in [4.69, 9.17) is 10.7 Å². The average molecular weight is 304 g/mol. The molecule has 0 fully saturated rings. The molecular formula is C19H20N4. The molecule has 3 aromatic rings. The lowest BCUT2D eigenvalue weighted by Crippen LogP contribution is -2.08. The number of nitrogens with one attached hydrogen (secondary N) is 1. The Kier molecular flexibility index (Phi) is 4.24. The Morgan fingerprint density at radius 3 is 2.09 bits per heavy atom. The van der Waals surface area contributed by atoms with E-state index >= 15 is 0 Å². The largest absolute Gasteiger partial charge is 0.383 e. The highest BCUT2D eigenvalue weighted by atomic mass is 15.1. The van der Waals surface area contributed by atoms with Gasteiger partial charge < -0.3 is 11.1 Å². The number of anilines is 3. The van der Waals surface area contributed by atoms with Gasteiger partial charge in [-0.15, -0.1) is 0 Å². The normalized spacial score (nSPS) is 10.7. The van der Waals surface area contributed by atoms with Gasteiger partial charge in [-0.1, -0.05) is 62.4 Å². The molecule has 0 aliphatic heterocycles. The monoisotopic (exact) mass is 304 g/mol. The van der Waals surface area contributed by atoms with Crippen LogP contribution in [0.3, 0.4) is 0 Å². The molecular weight excluding hydrogens is 284 g/mol. The molecule has 0 unspecified atom stereocenters. The van der Waals surface area contributed by atoms with Crippen LogP contribution in [0, 0.1) is 0 Å². The Bertz CT molecular complexity index is 783. The highest BCUT2D eigenvalue weighted by Crippen LogP contribution is 2.31. The lowest BCUT2D eigenvalue weighted by Gasteiger charge is -2.17. The van der Waals surface area contributed by atoms with Crippen LogP contribution in [-0.4, -0.2) is 9.97 Å². The number of aromatic nitrogens is 2. The highest BCUT2D eigenvalue weighted by molar-refractivity contribution is 5.69. The summed E-state index contributed by atoms with van der Waals surface area (Å²) < 4.78 is 0. The summed E-state index contributed by atoms with van der Waals surface area (Å²) >= 11 is 0. The maximum absolute atomic E-state index is 6.22.